The van der Waals surface area contributed by atoms with Gasteiger partial charge in [0.1, 0.15) is 11.9 Å². The van der Waals surface area contributed by atoms with Gasteiger partial charge in [-0.2, -0.15) is 0 Å². The van der Waals surface area contributed by atoms with Crippen LogP contribution in [0, 0.1) is 11.7 Å². The quantitative estimate of drug-likeness (QED) is 0.910. The highest BCUT2D eigenvalue weighted by molar-refractivity contribution is 7.10. The molecule has 0 saturated carbocycles. The Kier molecular flexibility index (Phi) is 5.18. The maximum Gasteiger partial charge on any atom is 0.254 e. The Labute approximate surface area is 150 Å². The fraction of sp³-hybridized carbons (Fsp3) is 0.368. The third-order valence-corrected chi connectivity index (χ3v) is 5.48. The molecule has 0 saturated heterocycles. The van der Waals surface area contributed by atoms with Crippen LogP contribution in [0.2, 0.25) is 0 Å². The minimum Gasteiger partial charge on any atom is -0.340 e. The second kappa shape index (κ2) is 7.35. The Morgan fingerprint density at radius 1 is 1.24 bits per heavy atom. The first-order chi connectivity index (χ1) is 12.0. The molecule has 0 bridgehead atoms. The molecule has 1 aromatic heterocycles. The summed E-state index contributed by atoms with van der Waals surface area (Å²) in [6.07, 6.45) is 0.838. The van der Waals surface area contributed by atoms with E-state index in [9.17, 15) is 14.0 Å². The lowest BCUT2D eigenvalue weighted by molar-refractivity contribution is -0.135. The maximum absolute atomic E-state index is 13.8. The third-order valence-electron chi connectivity index (χ3n) is 4.46. The number of carbonyl (C=O) groups excluding carboxylic acids is 2. The molecule has 4 nitrogen and oxygen atoms in total. The Bertz CT molecular complexity index is 787. The van der Waals surface area contributed by atoms with Crippen molar-refractivity contribution in [2.75, 3.05) is 6.54 Å². The monoisotopic (exact) mass is 360 g/mol. The molecule has 1 aliphatic rings. The molecule has 6 heteroatoms. The second-order valence-electron chi connectivity index (χ2n) is 6.55. The van der Waals surface area contributed by atoms with Crippen molar-refractivity contribution in [1.82, 2.24) is 10.2 Å². The van der Waals surface area contributed by atoms with E-state index in [1.165, 1.54) is 28.6 Å². The van der Waals surface area contributed by atoms with E-state index in [2.05, 4.69) is 5.32 Å². The maximum atomic E-state index is 13.8. The number of rotatable bonds is 4. The lowest BCUT2D eigenvalue weighted by Gasteiger charge is -2.32. The molecule has 1 aromatic carbocycles. The van der Waals surface area contributed by atoms with Crippen molar-refractivity contribution < 1.29 is 14.0 Å². The van der Waals surface area contributed by atoms with Gasteiger partial charge in [-0.05, 0) is 41.5 Å². The number of fused-ring (bicyclic) bond motifs is 1. The molecule has 1 aliphatic heterocycles. The first-order valence-corrected chi connectivity index (χ1v) is 9.24. The molecule has 1 atom stereocenters. The van der Waals surface area contributed by atoms with Crippen molar-refractivity contribution in [3.8, 4) is 0 Å². The average Bonchev–Trinajstić information content (AvgIpc) is 3.06. The van der Waals surface area contributed by atoms with Crippen LogP contribution in [0.25, 0.3) is 0 Å². The molecular formula is C19H21FN2O2S. The van der Waals surface area contributed by atoms with E-state index in [0.717, 1.165) is 6.42 Å². The first-order valence-electron chi connectivity index (χ1n) is 8.36. The number of carbonyl (C=O) groups is 2. The minimum absolute atomic E-state index is 0.0419. The zero-order valence-electron chi connectivity index (χ0n) is 14.3. The fourth-order valence-electron chi connectivity index (χ4n) is 3.01. The summed E-state index contributed by atoms with van der Waals surface area (Å²) in [4.78, 5) is 28.4. The smallest absolute Gasteiger partial charge is 0.254 e. The molecule has 0 fully saturated rings. The Balaban J connectivity index is 1.74. The Hall–Kier alpha value is -2.21. The molecule has 2 aromatic rings. The number of hydrogen-bond acceptors (Lipinski definition) is 3. The number of halogens is 1. The largest absolute Gasteiger partial charge is 0.340 e. The predicted octanol–water partition coefficient (Wildman–Crippen LogP) is 3.23. The van der Waals surface area contributed by atoms with Crippen LogP contribution in [0.5, 0.6) is 0 Å². The topological polar surface area (TPSA) is 49.4 Å². The van der Waals surface area contributed by atoms with Gasteiger partial charge in [-0.25, -0.2) is 4.39 Å². The molecule has 2 heterocycles. The van der Waals surface area contributed by atoms with Crippen LogP contribution >= 0.6 is 11.3 Å². The van der Waals surface area contributed by atoms with E-state index in [0.29, 0.717) is 13.1 Å². The first kappa shape index (κ1) is 17.6. The zero-order valence-corrected chi connectivity index (χ0v) is 15.1. The highest BCUT2D eigenvalue weighted by atomic mass is 32.1. The van der Waals surface area contributed by atoms with Crippen LogP contribution < -0.4 is 5.32 Å². The summed E-state index contributed by atoms with van der Waals surface area (Å²) in [5, 5.41) is 4.76. The Morgan fingerprint density at radius 3 is 2.72 bits per heavy atom. The molecular weight excluding hydrogens is 339 g/mol. The van der Waals surface area contributed by atoms with Gasteiger partial charge in [0.2, 0.25) is 5.91 Å². The lowest BCUT2D eigenvalue weighted by Crippen LogP contribution is -2.52. The number of thiophene rings is 1. The van der Waals surface area contributed by atoms with Crippen LogP contribution in [0.4, 0.5) is 4.39 Å². The van der Waals surface area contributed by atoms with Crippen LogP contribution in [0.1, 0.15) is 34.6 Å². The molecule has 0 radical (unpaired) electrons. The van der Waals surface area contributed by atoms with Gasteiger partial charge in [-0.1, -0.05) is 26.0 Å². The van der Waals surface area contributed by atoms with E-state index < -0.39 is 17.8 Å². The molecule has 132 valence electrons. The van der Waals surface area contributed by atoms with Gasteiger partial charge in [0, 0.05) is 18.0 Å². The molecule has 0 spiro atoms. The van der Waals surface area contributed by atoms with Gasteiger partial charge < -0.3 is 10.2 Å². The molecule has 3 rings (SSSR count). The SMILES string of the molecule is CC(C)[C@@H](NC(=O)c1ccccc1F)C(=O)N1CCc2sccc2C1. The number of nitrogens with zero attached hydrogens (tertiary/aromatic N) is 1. The highest BCUT2D eigenvalue weighted by Crippen LogP contribution is 2.25. The summed E-state index contributed by atoms with van der Waals surface area (Å²) >= 11 is 1.71. The van der Waals surface area contributed by atoms with E-state index in [4.69, 9.17) is 0 Å². The van der Waals surface area contributed by atoms with Gasteiger partial charge in [-0.3, -0.25) is 9.59 Å². The standard InChI is InChI=1S/C19H21FN2O2S/c1-12(2)17(21-18(23)14-5-3-4-6-15(14)20)19(24)22-9-7-16-13(11-22)8-10-25-16/h3-6,8,10,12,17H,7,9,11H2,1-2H3,(H,21,23)/t17-/m1/s1. The van der Waals surface area contributed by atoms with Gasteiger partial charge >= 0.3 is 0 Å². The summed E-state index contributed by atoms with van der Waals surface area (Å²) in [6.45, 7) is 4.97. The van der Waals surface area contributed by atoms with Crippen LogP contribution in [0.3, 0.4) is 0 Å². The van der Waals surface area contributed by atoms with Crippen molar-refractivity contribution in [2.45, 2.75) is 32.9 Å². The number of amides is 2. The fourth-order valence-corrected chi connectivity index (χ4v) is 3.90. The molecule has 2 amide bonds. The summed E-state index contributed by atoms with van der Waals surface area (Å²) in [7, 11) is 0. The van der Waals surface area contributed by atoms with Crippen molar-refractivity contribution >= 4 is 23.2 Å². The van der Waals surface area contributed by atoms with E-state index in [-0.39, 0.29) is 17.4 Å². The van der Waals surface area contributed by atoms with E-state index >= 15 is 0 Å². The number of hydrogen-bond donors (Lipinski definition) is 1. The van der Waals surface area contributed by atoms with Gasteiger partial charge in [0.15, 0.2) is 0 Å². The van der Waals surface area contributed by atoms with Crippen LogP contribution in [-0.4, -0.2) is 29.3 Å². The summed E-state index contributed by atoms with van der Waals surface area (Å²) < 4.78 is 13.8. The van der Waals surface area contributed by atoms with Crippen LogP contribution in [0.15, 0.2) is 35.7 Å². The highest BCUT2D eigenvalue weighted by Gasteiger charge is 2.31. The second-order valence-corrected chi connectivity index (χ2v) is 7.55. The molecule has 1 N–H and O–H groups in total. The predicted molar refractivity (Wildman–Crippen MR) is 95.9 cm³/mol. The molecule has 0 aliphatic carbocycles. The van der Waals surface area contributed by atoms with E-state index in [1.54, 1.807) is 22.3 Å². The average molecular weight is 360 g/mol. The number of benzene rings is 1. The number of nitrogens with one attached hydrogen (secondary N) is 1. The van der Waals surface area contributed by atoms with Crippen molar-refractivity contribution in [3.63, 3.8) is 0 Å². The van der Waals surface area contributed by atoms with Gasteiger partial charge in [-0.15, -0.1) is 11.3 Å². The van der Waals surface area contributed by atoms with Gasteiger partial charge in [0.05, 0.1) is 5.56 Å². The van der Waals surface area contributed by atoms with Crippen LogP contribution in [-0.2, 0) is 17.8 Å². The Morgan fingerprint density at radius 2 is 2.00 bits per heavy atom. The van der Waals surface area contributed by atoms with Gasteiger partial charge in [0.25, 0.3) is 5.91 Å². The zero-order chi connectivity index (χ0) is 18.0. The normalized spacial score (nSPS) is 15.0. The third kappa shape index (κ3) is 3.74. The molecule has 0 unspecified atom stereocenters. The van der Waals surface area contributed by atoms with Crippen molar-refractivity contribution in [1.29, 1.82) is 0 Å². The summed E-state index contributed by atoms with van der Waals surface area (Å²) in [6, 6.07) is 7.17. The van der Waals surface area contributed by atoms with E-state index in [1.807, 2.05) is 25.3 Å². The summed E-state index contributed by atoms with van der Waals surface area (Å²) in [5.74, 6) is -1.35. The summed E-state index contributed by atoms with van der Waals surface area (Å²) in [5.41, 5.74) is 1.13. The lowest BCUT2D eigenvalue weighted by atomic mass is 10.00. The van der Waals surface area contributed by atoms with Crippen molar-refractivity contribution in [3.05, 3.63) is 57.5 Å². The molecule has 25 heavy (non-hydrogen) atoms. The minimum atomic E-state index is -0.674. The van der Waals surface area contributed by atoms with Crippen molar-refractivity contribution in [2.24, 2.45) is 5.92 Å².